The predicted octanol–water partition coefficient (Wildman–Crippen LogP) is 5.83. The number of anilines is 2. The summed E-state index contributed by atoms with van der Waals surface area (Å²) in [6, 6.07) is 14.5. The summed E-state index contributed by atoms with van der Waals surface area (Å²) in [6.45, 7) is 2.65. The Morgan fingerprint density at radius 2 is 1.77 bits per heavy atom. The molecule has 3 aromatic rings. The van der Waals surface area contributed by atoms with Crippen LogP contribution in [0.1, 0.15) is 47.2 Å². The number of nitrogens with zero attached hydrogens (tertiary/aromatic N) is 3. The van der Waals surface area contributed by atoms with Crippen molar-refractivity contribution >= 4 is 23.4 Å². The Morgan fingerprint density at radius 1 is 1.03 bits per heavy atom. The lowest BCUT2D eigenvalue weighted by molar-refractivity contribution is -0.0486. The molecule has 0 aliphatic heterocycles. The highest BCUT2D eigenvalue weighted by molar-refractivity contribution is 6.03. The van der Waals surface area contributed by atoms with Crippen molar-refractivity contribution in [3.8, 4) is 0 Å². The molecule has 0 radical (unpaired) electrons. The number of aryl methyl sites for hydroxylation is 1. The normalized spacial score (nSPS) is 17.0. The van der Waals surface area contributed by atoms with E-state index >= 15 is 0 Å². The third kappa shape index (κ3) is 7.40. The summed E-state index contributed by atoms with van der Waals surface area (Å²) < 4.78 is 25.7. The molecule has 1 saturated carbocycles. The molecule has 4 rings (SSSR count). The van der Waals surface area contributed by atoms with Crippen molar-refractivity contribution in [2.75, 3.05) is 30.0 Å². The van der Waals surface area contributed by atoms with Crippen LogP contribution < -0.4 is 9.80 Å². The number of ether oxygens (including phenoxy) is 2. The van der Waals surface area contributed by atoms with Crippen LogP contribution in [-0.2, 0) is 16.1 Å². The van der Waals surface area contributed by atoms with Crippen molar-refractivity contribution in [2.45, 2.75) is 51.4 Å². The Hall–Kier alpha value is -3.82. The Bertz CT molecular complexity index is 1260. The van der Waals surface area contributed by atoms with Gasteiger partial charge < -0.3 is 14.6 Å². The van der Waals surface area contributed by atoms with Gasteiger partial charge in [0.2, 0.25) is 0 Å². The van der Waals surface area contributed by atoms with E-state index < -0.39 is 5.97 Å². The first-order valence-electron chi connectivity index (χ1n) is 13.1. The van der Waals surface area contributed by atoms with Gasteiger partial charge in [0.15, 0.2) is 0 Å². The lowest BCUT2D eigenvalue weighted by Gasteiger charge is -2.31. The molecule has 206 valence electrons. The first-order chi connectivity index (χ1) is 18.8. The van der Waals surface area contributed by atoms with Gasteiger partial charge in [-0.3, -0.25) is 14.8 Å². The summed E-state index contributed by atoms with van der Waals surface area (Å²) in [5, 5.41) is 9.57. The maximum atomic E-state index is 13.4. The van der Waals surface area contributed by atoms with Crippen molar-refractivity contribution in [1.82, 2.24) is 4.98 Å². The number of urea groups is 1. The van der Waals surface area contributed by atoms with Crippen LogP contribution in [0.15, 0.2) is 67.0 Å². The summed E-state index contributed by atoms with van der Waals surface area (Å²) in [7, 11) is 1.65. The van der Waals surface area contributed by atoms with Gasteiger partial charge in [0.25, 0.3) is 0 Å². The van der Waals surface area contributed by atoms with Gasteiger partial charge in [0, 0.05) is 18.9 Å². The first-order valence-corrected chi connectivity index (χ1v) is 13.1. The molecule has 8 nitrogen and oxygen atoms in total. The van der Waals surface area contributed by atoms with Crippen LogP contribution >= 0.6 is 0 Å². The summed E-state index contributed by atoms with van der Waals surface area (Å²) in [5.74, 6) is -1.32. The minimum Gasteiger partial charge on any atom is -0.478 e. The number of aromatic nitrogens is 1. The lowest BCUT2D eigenvalue weighted by Crippen LogP contribution is -2.43. The monoisotopic (exact) mass is 535 g/mol. The SMILES string of the molecule is Cc1cccc(CO[C@H]2CCC[C@@H](OCCN(C(=O)N(C)c3ccc(F)cc3)c3cccnc3)C2)c1C(=O)O. The van der Waals surface area contributed by atoms with Crippen molar-refractivity contribution in [3.63, 3.8) is 0 Å². The highest BCUT2D eigenvalue weighted by Gasteiger charge is 2.26. The Kier molecular flexibility index (Phi) is 9.62. The van der Waals surface area contributed by atoms with Crippen molar-refractivity contribution in [3.05, 3.63) is 89.5 Å². The fourth-order valence-electron chi connectivity index (χ4n) is 4.88. The van der Waals surface area contributed by atoms with Crippen molar-refractivity contribution < 1.29 is 28.6 Å². The van der Waals surface area contributed by atoms with Gasteiger partial charge in [-0.25, -0.2) is 14.0 Å². The van der Waals surface area contributed by atoms with E-state index in [0.29, 0.717) is 47.6 Å². The number of benzene rings is 2. The first kappa shape index (κ1) is 28.2. The molecule has 2 aromatic carbocycles. The van der Waals surface area contributed by atoms with Crippen LogP contribution in [0, 0.1) is 12.7 Å². The van der Waals surface area contributed by atoms with E-state index in [0.717, 1.165) is 19.3 Å². The number of rotatable bonds is 10. The van der Waals surface area contributed by atoms with Gasteiger partial charge in [-0.1, -0.05) is 18.2 Å². The van der Waals surface area contributed by atoms with Gasteiger partial charge in [-0.05, 0) is 80.1 Å². The highest BCUT2D eigenvalue weighted by Crippen LogP contribution is 2.26. The summed E-state index contributed by atoms with van der Waals surface area (Å²) in [4.78, 5) is 32.3. The number of carboxylic acid groups (broad SMARTS) is 1. The second kappa shape index (κ2) is 13.3. The standard InChI is InChI=1S/C30H34FN3O5/c1-21-6-3-7-22(28(21)29(35)36)20-39-27-10-4-9-26(18-27)38-17-16-34(25-8-5-15-32-19-25)30(37)33(2)24-13-11-23(31)12-14-24/h3,5-8,11-15,19,26-27H,4,9-10,16-18,20H2,1-2H3,(H,35,36)/t26-,27+/m1/s1. The third-order valence-electron chi connectivity index (χ3n) is 6.98. The number of hydrogen-bond acceptors (Lipinski definition) is 5. The predicted molar refractivity (Wildman–Crippen MR) is 147 cm³/mol. The molecule has 9 heteroatoms. The number of pyridine rings is 1. The summed E-state index contributed by atoms with van der Waals surface area (Å²) >= 11 is 0. The maximum absolute atomic E-state index is 13.4. The van der Waals surface area contributed by atoms with E-state index in [4.69, 9.17) is 9.47 Å². The van der Waals surface area contributed by atoms with Gasteiger partial charge in [-0.15, -0.1) is 0 Å². The number of hydrogen-bond donors (Lipinski definition) is 1. The number of carbonyl (C=O) groups excluding carboxylic acids is 1. The minimum atomic E-state index is -0.950. The van der Waals surface area contributed by atoms with Crippen LogP contribution in [-0.4, -0.2) is 54.5 Å². The quantitative estimate of drug-likeness (QED) is 0.351. The fourth-order valence-corrected chi connectivity index (χ4v) is 4.88. The van der Waals surface area contributed by atoms with Crippen LogP contribution in [0.3, 0.4) is 0 Å². The number of aromatic carboxylic acids is 1. The molecule has 1 fully saturated rings. The van der Waals surface area contributed by atoms with Gasteiger partial charge in [-0.2, -0.15) is 0 Å². The minimum absolute atomic E-state index is 0.0270. The molecule has 1 aromatic heterocycles. The second-order valence-electron chi connectivity index (χ2n) is 9.69. The molecule has 2 amide bonds. The van der Waals surface area contributed by atoms with Gasteiger partial charge in [0.1, 0.15) is 5.82 Å². The fraction of sp³-hybridized carbons (Fsp3) is 0.367. The summed E-state index contributed by atoms with van der Waals surface area (Å²) in [6.07, 6.45) is 6.62. The lowest BCUT2D eigenvalue weighted by atomic mass is 9.94. The average molecular weight is 536 g/mol. The van der Waals surface area contributed by atoms with Gasteiger partial charge >= 0.3 is 12.0 Å². The zero-order valence-electron chi connectivity index (χ0n) is 22.3. The van der Waals surface area contributed by atoms with E-state index in [1.807, 2.05) is 12.1 Å². The molecule has 0 bridgehead atoms. The van der Waals surface area contributed by atoms with Crippen LogP contribution in [0.4, 0.5) is 20.6 Å². The molecular weight excluding hydrogens is 501 g/mol. The van der Waals surface area contributed by atoms with Gasteiger partial charge in [0.05, 0.1) is 49.4 Å². The Balaban J connectivity index is 1.34. The molecule has 1 N–H and O–H groups in total. The molecule has 0 unspecified atom stereocenters. The van der Waals surface area contributed by atoms with E-state index in [1.165, 1.54) is 17.0 Å². The third-order valence-corrected chi connectivity index (χ3v) is 6.98. The average Bonchev–Trinajstić information content (AvgIpc) is 2.94. The summed E-state index contributed by atoms with van der Waals surface area (Å²) in [5.41, 5.74) is 2.89. The molecule has 1 aliphatic carbocycles. The number of carboxylic acids is 1. The van der Waals surface area contributed by atoms with Crippen molar-refractivity contribution in [1.29, 1.82) is 0 Å². The van der Waals surface area contributed by atoms with Crippen LogP contribution in [0.2, 0.25) is 0 Å². The van der Waals surface area contributed by atoms with E-state index in [9.17, 15) is 19.1 Å². The number of carbonyl (C=O) groups is 2. The van der Waals surface area contributed by atoms with Crippen molar-refractivity contribution in [2.24, 2.45) is 0 Å². The van der Waals surface area contributed by atoms with Crippen LogP contribution in [0.5, 0.6) is 0 Å². The number of halogens is 1. The Labute approximate surface area is 228 Å². The zero-order chi connectivity index (χ0) is 27.8. The highest BCUT2D eigenvalue weighted by atomic mass is 19.1. The van der Waals surface area contributed by atoms with E-state index in [-0.39, 0.29) is 30.7 Å². The van der Waals surface area contributed by atoms with E-state index in [2.05, 4.69) is 4.98 Å². The molecule has 1 heterocycles. The largest absolute Gasteiger partial charge is 0.478 e. The number of amides is 2. The molecule has 39 heavy (non-hydrogen) atoms. The molecule has 1 aliphatic rings. The molecule has 0 saturated heterocycles. The zero-order valence-corrected chi connectivity index (χ0v) is 22.3. The molecular formula is C30H34FN3O5. The van der Waals surface area contributed by atoms with E-state index in [1.54, 1.807) is 61.6 Å². The van der Waals surface area contributed by atoms with Crippen LogP contribution in [0.25, 0.3) is 0 Å². The Morgan fingerprint density at radius 3 is 2.46 bits per heavy atom. The maximum Gasteiger partial charge on any atom is 0.336 e. The second-order valence-corrected chi connectivity index (χ2v) is 9.69. The molecule has 0 spiro atoms. The topological polar surface area (TPSA) is 92.2 Å². The molecule has 2 atom stereocenters. The smallest absolute Gasteiger partial charge is 0.336 e.